The molecule has 1 aromatic carbocycles. The second-order valence-electron chi connectivity index (χ2n) is 3.49. The second-order valence-corrected chi connectivity index (χ2v) is 3.49. The molecule has 2 rings (SSSR count). The zero-order valence-electron chi connectivity index (χ0n) is 9.43. The number of H-pyrrole nitrogens is 1. The molecule has 0 aliphatic heterocycles. The number of aromatic amines is 1. The molecule has 0 aliphatic carbocycles. The van der Waals surface area contributed by atoms with Gasteiger partial charge in [-0.25, -0.2) is 4.98 Å². The molecule has 0 aliphatic rings. The number of nitrogens with two attached hydrogens (primary N) is 1. The minimum Gasteiger partial charge on any atom is -0.496 e. The average molecular weight is 231 g/mol. The zero-order chi connectivity index (χ0) is 12.3. The first kappa shape index (κ1) is 11.3. The highest BCUT2D eigenvalue weighted by molar-refractivity contribution is 5.63. The Morgan fingerprint density at radius 3 is 2.88 bits per heavy atom. The molecular formula is C12H13N3O2. The Labute approximate surface area is 98.3 Å². The molecule has 0 radical (unpaired) electrons. The number of nitrogens with zero attached hydrogens (tertiary/aromatic N) is 1. The summed E-state index contributed by atoms with van der Waals surface area (Å²) >= 11 is 0. The summed E-state index contributed by atoms with van der Waals surface area (Å²) in [5, 5.41) is 0. The number of hydrogen-bond acceptors (Lipinski definition) is 4. The van der Waals surface area contributed by atoms with Gasteiger partial charge in [-0.1, -0.05) is 12.1 Å². The van der Waals surface area contributed by atoms with Gasteiger partial charge in [0.25, 0.3) is 5.56 Å². The van der Waals surface area contributed by atoms with Crippen LogP contribution < -0.4 is 16.0 Å². The number of methoxy groups -OCH3 is 1. The van der Waals surface area contributed by atoms with E-state index in [9.17, 15) is 4.79 Å². The van der Waals surface area contributed by atoms with Crippen molar-refractivity contribution in [2.45, 2.75) is 6.54 Å². The van der Waals surface area contributed by atoms with E-state index in [-0.39, 0.29) is 12.1 Å². The third-order valence-corrected chi connectivity index (χ3v) is 2.37. The Balaban J connectivity index is 2.59. The summed E-state index contributed by atoms with van der Waals surface area (Å²) in [7, 11) is 1.57. The van der Waals surface area contributed by atoms with Crippen molar-refractivity contribution in [3.8, 4) is 17.1 Å². The second kappa shape index (κ2) is 4.80. The third-order valence-electron chi connectivity index (χ3n) is 2.37. The van der Waals surface area contributed by atoms with Crippen LogP contribution in [-0.2, 0) is 6.54 Å². The lowest BCUT2D eigenvalue weighted by atomic mass is 10.2. The van der Waals surface area contributed by atoms with Crippen molar-refractivity contribution in [1.29, 1.82) is 0 Å². The van der Waals surface area contributed by atoms with Crippen molar-refractivity contribution in [2.24, 2.45) is 5.73 Å². The third kappa shape index (κ3) is 2.34. The molecule has 17 heavy (non-hydrogen) atoms. The van der Waals surface area contributed by atoms with Crippen LogP contribution >= 0.6 is 0 Å². The largest absolute Gasteiger partial charge is 0.496 e. The van der Waals surface area contributed by atoms with Crippen LogP contribution in [0, 0.1) is 0 Å². The number of benzene rings is 1. The van der Waals surface area contributed by atoms with E-state index in [1.165, 1.54) is 6.07 Å². The summed E-state index contributed by atoms with van der Waals surface area (Å²) < 4.78 is 5.22. The van der Waals surface area contributed by atoms with Crippen LogP contribution in [0.3, 0.4) is 0 Å². The van der Waals surface area contributed by atoms with Crippen molar-refractivity contribution < 1.29 is 4.74 Å². The first-order valence-electron chi connectivity index (χ1n) is 5.18. The van der Waals surface area contributed by atoms with Crippen molar-refractivity contribution in [3.63, 3.8) is 0 Å². The molecule has 88 valence electrons. The summed E-state index contributed by atoms with van der Waals surface area (Å²) in [5.41, 5.74) is 6.56. The summed E-state index contributed by atoms with van der Waals surface area (Å²) in [6, 6.07) is 8.74. The van der Waals surface area contributed by atoms with E-state index in [2.05, 4.69) is 9.97 Å². The van der Waals surface area contributed by atoms with Gasteiger partial charge in [0.05, 0.1) is 18.4 Å². The molecule has 0 saturated heterocycles. The summed E-state index contributed by atoms with van der Waals surface area (Å²) in [4.78, 5) is 18.4. The Morgan fingerprint density at radius 1 is 1.41 bits per heavy atom. The fourth-order valence-electron chi connectivity index (χ4n) is 1.58. The van der Waals surface area contributed by atoms with Gasteiger partial charge in [0, 0.05) is 12.6 Å². The number of aromatic nitrogens is 2. The Hall–Kier alpha value is -2.14. The Morgan fingerprint density at radius 2 is 2.18 bits per heavy atom. The smallest absolute Gasteiger partial charge is 0.251 e. The fourth-order valence-corrected chi connectivity index (χ4v) is 1.58. The standard InChI is InChI=1S/C12H13N3O2/c1-17-10-5-3-2-4-9(10)12-14-8(7-13)6-11(16)15-12/h2-6H,7,13H2,1H3,(H,14,15,16). The maximum Gasteiger partial charge on any atom is 0.251 e. The van der Waals surface area contributed by atoms with Gasteiger partial charge < -0.3 is 15.5 Å². The predicted molar refractivity (Wildman–Crippen MR) is 64.7 cm³/mol. The molecule has 0 spiro atoms. The van der Waals surface area contributed by atoms with Crippen LogP contribution in [0.4, 0.5) is 0 Å². The molecule has 1 aromatic heterocycles. The first-order valence-corrected chi connectivity index (χ1v) is 5.18. The molecular weight excluding hydrogens is 218 g/mol. The normalized spacial score (nSPS) is 10.2. The van der Waals surface area contributed by atoms with Crippen LogP contribution in [0.2, 0.25) is 0 Å². The molecule has 0 bridgehead atoms. The summed E-state index contributed by atoms with van der Waals surface area (Å²) in [6.07, 6.45) is 0. The van der Waals surface area contributed by atoms with Crippen molar-refractivity contribution in [1.82, 2.24) is 9.97 Å². The molecule has 5 heteroatoms. The first-order chi connectivity index (χ1) is 8.24. The highest BCUT2D eigenvalue weighted by Gasteiger charge is 2.08. The van der Waals surface area contributed by atoms with Crippen LogP contribution in [-0.4, -0.2) is 17.1 Å². The van der Waals surface area contributed by atoms with Crippen molar-refractivity contribution in [2.75, 3.05) is 7.11 Å². The van der Waals surface area contributed by atoms with Gasteiger partial charge >= 0.3 is 0 Å². The topological polar surface area (TPSA) is 81.0 Å². The number of rotatable bonds is 3. The van der Waals surface area contributed by atoms with Crippen LogP contribution in [0.5, 0.6) is 5.75 Å². The SMILES string of the molecule is COc1ccccc1-c1nc(CN)cc(=O)[nH]1. The van der Waals surface area contributed by atoms with Crippen molar-refractivity contribution in [3.05, 3.63) is 46.4 Å². The average Bonchev–Trinajstić information content (AvgIpc) is 2.37. The lowest BCUT2D eigenvalue weighted by Crippen LogP contribution is -2.12. The van der Waals surface area contributed by atoms with E-state index < -0.39 is 0 Å². The van der Waals surface area contributed by atoms with E-state index in [0.29, 0.717) is 17.3 Å². The minimum absolute atomic E-state index is 0.221. The van der Waals surface area contributed by atoms with E-state index in [4.69, 9.17) is 10.5 Å². The lowest BCUT2D eigenvalue weighted by molar-refractivity contribution is 0.416. The Bertz CT molecular complexity index is 578. The van der Waals surface area contributed by atoms with E-state index in [1.54, 1.807) is 7.11 Å². The van der Waals surface area contributed by atoms with E-state index in [1.807, 2.05) is 24.3 Å². The van der Waals surface area contributed by atoms with Gasteiger partial charge in [-0.3, -0.25) is 4.79 Å². The lowest BCUT2D eigenvalue weighted by Gasteiger charge is -2.07. The quantitative estimate of drug-likeness (QED) is 0.822. The summed E-state index contributed by atoms with van der Waals surface area (Å²) in [6.45, 7) is 0.228. The van der Waals surface area contributed by atoms with Gasteiger partial charge in [0.15, 0.2) is 0 Å². The van der Waals surface area contributed by atoms with Crippen LogP contribution in [0.15, 0.2) is 35.1 Å². The van der Waals surface area contributed by atoms with Gasteiger partial charge in [-0.15, -0.1) is 0 Å². The molecule has 0 unspecified atom stereocenters. The van der Waals surface area contributed by atoms with Crippen LogP contribution in [0.25, 0.3) is 11.4 Å². The van der Waals surface area contributed by atoms with Gasteiger partial charge in [0.1, 0.15) is 11.6 Å². The molecule has 0 amide bonds. The maximum absolute atomic E-state index is 11.5. The van der Waals surface area contributed by atoms with E-state index >= 15 is 0 Å². The Kier molecular flexibility index (Phi) is 3.20. The molecule has 3 N–H and O–H groups in total. The molecule has 2 aromatic rings. The highest BCUT2D eigenvalue weighted by Crippen LogP contribution is 2.25. The molecule has 5 nitrogen and oxygen atoms in total. The van der Waals surface area contributed by atoms with Gasteiger partial charge in [0.2, 0.25) is 0 Å². The number of ether oxygens (including phenoxy) is 1. The molecule has 0 fully saturated rings. The van der Waals surface area contributed by atoms with Crippen molar-refractivity contribution >= 4 is 0 Å². The fraction of sp³-hybridized carbons (Fsp3) is 0.167. The monoisotopic (exact) mass is 231 g/mol. The van der Waals surface area contributed by atoms with Gasteiger partial charge in [-0.2, -0.15) is 0 Å². The number of nitrogens with one attached hydrogen (secondary N) is 1. The van der Waals surface area contributed by atoms with E-state index in [0.717, 1.165) is 5.56 Å². The van der Waals surface area contributed by atoms with Crippen LogP contribution in [0.1, 0.15) is 5.69 Å². The highest BCUT2D eigenvalue weighted by atomic mass is 16.5. The minimum atomic E-state index is -0.221. The summed E-state index contributed by atoms with van der Waals surface area (Å²) in [5.74, 6) is 1.13. The number of hydrogen-bond donors (Lipinski definition) is 2. The molecule has 0 saturated carbocycles. The predicted octanol–water partition coefficient (Wildman–Crippen LogP) is 0.904. The molecule has 0 atom stereocenters. The maximum atomic E-state index is 11.5. The van der Waals surface area contributed by atoms with Gasteiger partial charge in [-0.05, 0) is 12.1 Å². The molecule has 1 heterocycles. The number of para-hydroxylation sites is 1. The zero-order valence-corrected chi connectivity index (χ0v) is 9.43.